The lowest BCUT2D eigenvalue weighted by Crippen LogP contribution is -2.50. The van der Waals surface area contributed by atoms with E-state index < -0.39 is 0 Å². The maximum atomic E-state index is 13.1. The predicted molar refractivity (Wildman–Crippen MR) is 105 cm³/mol. The molecule has 1 N–H and O–H groups in total. The van der Waals surface area contributed by atoms with Gasteiger partial charge in [0.2, 0.25) is 0 Å². The fraction of sp³-hybridized carbons (Fsp3) is 0.429. The summed E-state index contributed by atoms with van der Waals surface area (Å²) in [6, 6.07) is 5.76. The molecule has 1 aromatic heterocycles. The Kier molecular flexibility index (Phi) is 5.26. The number of benzene rings is 1. The van der Waals surface area contributed by atoms with Gasteiger partial charge >= 0.3 is 0 Å². The van der Waals surface area contributed by atoms with E-state index in [0.717, 1.165) is 22.5 Å². The van der Waals surface area contributed by atoms with E-state index in [0.29, 0.717) is 43.1 Å². The highest BCUT2D eigenvalue weighted by Gasteiger charge is 2.28. The number of ether oxygens (including phenoxy) is 1. The molecule has 1 aliphatic rings. The lowest BCUT2D eigenvalue weighted by atomic mass is 10.0. The summed E-state index contributed by atoms with van der Waals surface area (Å²) in [6.45, 7) is 9.86. The Morgan fingerprint density at radius 2 is 1.52 bits per heavy atom. The first-order valence-corrected chi connectivity index (χ1v) is 9.21. The molecule has 6 heteroatoms. The highest BCUT2D eigenvalue weighted by atomic mass is 16.5. The normalized spacial score (nSPS) is 14.4. The second kappa shape index (κ2) is 7.47. The van der Waals surface area contributed by atoms with E-state index in [2.05, 4.69) is 4.98 Å². The van der Waals surface area contributed by atoms with E-state index >= 15 is 0 Å². The third-order valence-corrected chi connectivity index (χ3v) is 5.11. The molecule has 1 aliphatic heterocycles. The van der Waals surface area contributed by atoms with Gasteiger partial charge in [-0.05, 0) is 51.0 Å². The lowest BCUT2D eigenvalue weighted by Gasteiger charge is -2.35. The van der Waals surface area contributed by atoms with E-state index in [9.17, 15) is 9.59 Å². The number of aryl methyl sites for hydroxylation is 4. The van der Waals surface area contributed by atoms with Crippen LogP contribution in [-0.4, -0.2) is 59.9 Å². The molecule has 2 heterocycles. The number of carbonyl (C=O) groups excluding carboxylic acids is 2. The molecule has 0 saturated carbocycles. The molecule has 0 atom stereocenters. The average molecular weight is 369 g/mol. The number of amides is 2. The summed E-state index contributed by atoms with van der Waals surface area (Å²) in [6.07, 6.45) is 0. The molecular weight excluding hydrogens is 342 g/mol. The Bertz CT molecular complexity index is 877. The van der Waals surface area contributed by atoms with E-state index in [1.165, 1.54) is 0 Å². The Hall–Kier alpha value is -2.76. The number of methoxy groups -OCH3 is 1. The zero-order valence-corrected chi connectivity index (χ0v) is 16.7. The van der Waals surface area contributed by atoms with Crippen LogP contribution in [0.1, 0.15) is 43.2 Å². The second-order valence-corrected chi connectivity index (χ2v) is 7.23. The summed E-state index contributed by atoms with van der Waals surface area (Å²) < 4.78 is 5.44. The van der Waals surface area contributed by atoms with Crippen molar-refractivity contribution >= 4 is 11.8 Å². The van der Waals surface area contributed by atoms with Crippen LogP contribution >= 0.6 is 0 Å². The molecule has 0 unspecified atom stereocenters. The van der Waals surface area contributed by atoms with Crippen LogP contribution in [-0.2, 0) is 0 Å². The van der Waals surface area contributed by atoms with Crippen molar-refractivity contribution in [1.29, 1.82) is 0 Å². The third-order valence-electron chi connectivity index (χ3n) is 5.11. The number of carbonyl (C=O) groups is 2. The first kappa shape index (κ1) is 19.0. The van der Waals surface area contributed by atoms with E-state index in [1.807, 2.05) is 50.8 Å². The van der Waals surface area contributed by atoms with Gasteiger partial charge in [-0.1, -0.05) is 6.07 Å². The maximum absolute atomic E-state index is 13.1. The Morgan fingerprint density at radius 1 is 0.926 bits per heavy atom. The van der Waals surface area contributed by atoms with Gasteiger partial charge in [-0.25, -0.2) is 0 Å². The minimum atomic E-state index is -0.0369. The number of hydrogen-bond acceptors (Lipinski definition) is 3. The maximum Gasteiger partial charge on any atom is 0.258 e. The van der Waals surface area contributed by atoms with Gasteiger partial charge in [-0.15, -0.1) is 0 Å². The SMILES string of the molecule is COc1cc(C)cc(C)c1C(=O)N1CCN(C(=O)c2cc(C)[nH]c2C)CC1. The van der Waals surface area contributed by atoms with Crippen LogP contribution < -0.4 is 4.74 Å². The summed E-state index contributed by atoms with van der Waals surface area (Å²) in [5.41, 5.74) is 5.16. The topological polar surface area (TPSA) is 65.6 Å². The van der Waals surface area contributed by atoms with Gasteiger partial charge in [0.05, 0.1) is 18.2 Å². The molecule has 6 nitrogen and oxygen atoms in total. The number of hydrogen-bond donors (Lipinski definition) is 1. The van der Waals surface area contributed by atoms with Gasteiger partial charge in [0.15, 0.2) is 0 Å². The van der Waals surface area contributed by atoms with E-state index in [4.69, 9.17) is 4.74 Å². The number of rotatable bonds is 3. The minimum Gasteiger partial charge on any atom is -0.496 e. The zero-order valence-electron chi connectivity index (χ0n) is 16.7. The van der Waals surface area contributed by atoms with Crippen LogP contribution in [0.25, 0.3) is 0 Å². The number of piperazine rings is 1. The van der Waals surface area contributed by atoms with Gasteiger partial charge in [0, 0.05) is 37.6 Å². The molecule has 1 fully saturated rings. The fourth-order valence-electron chi connectivity index (χ4n) is 3.75. The standard InChI is InChI=1S/C21H27N3O3/c1-13-10-14(2)19(18(11-13)27-5)21(26)24-8-6-23(7-9-24)20(25)17-12-15(3)22-16(17)4/h10-12,22H,6-9H2,1-5H3. The first-order chi connectivity index (χ1) is 12.8. The van der Waals surface area contributed by atoms with Gasteiger partial charge < -0.3 is 19.5 Å². The van der Waals surface area contributed by atoms with Crippen molar-refractivity contribution in [2.45, 2.75) is 27.7 Å². The van der Waals surface area contributed by atoms with Gasteiger partial charge in [-0.2, -0.15) is 0 Å². The van der Waals surface area contributed by atoms with Crippen molar-refractivity contribution in [3.05, 3.63) is 51.8 Å². The highest BCUT2D eigenvalue weighted by molar-refractivity contribution is 5.99. The van der Waals surface area contributed by atoms with Crippen LogP contribution in [0.2, 0.25) is 0 Å². The van der Waals surface area contributed by atoms with Crippen molar-refractivity contribution in [3.8, 4) is 5.75 Å². The lowest BCUT2D eigenvalue weighted by molar-refractivity contribution is 0.0532. The van der Waals surface area contributed by atoms with Crippen molar-refractivity contribution < 1.29 is 14.3 Å². The summed E-state index contributed by atoms with van der Waals surface area (Å²) in [4.78, 5) is 32.6. The first-order valence-electron chi connectivity index (χ1n) is 9.21. The van der Waals surface area contributed by atoms with Gasteiger partial charge in [-0.3, -0.25) is 9.59 Å². The van der Waals surface area contributed by atoms with Crippen molar-refractivity contribution in [2.75, 3.05) is 33.3 Å². The van der Waals surface area contributed by atoms with E-state index in [1.54, 1.807) is 12.0 Å². The molecule has 144 valence electrons. The summed E-state index contributed by atoms with van der Waals surface area (Å²) >= 11 is 0. The highest BCUT2D eigenvalue weighted by Crippen LogP contribution is 2.26. The van der Waals surface area contributed by atoms with Gasteiger partial charge in [0.25, 0.3) is 11.8 Å². The zero-order chi connectivity index (χ0) is 19.7. The predicted octanol–water partition coefficient (Wildman–Crippen LogP) is 2.86. The molecule has 0 radical (unpaired) electrons. The van der Waals surface area contributed by atoms with Crippen LogP contribution in [0.4, 0.5) is 0 Å². The van der Waals surface area contributed by atoms with Crippen molar-refractivity contribution in [2.24, 2.45) is 0 Å². The molecule has 2 aromatic rings. The molecule has 0 spiro atoms. The minimum absolute atomic E-state index is 0.0213. The van der Waals surface area contributed by atoms with Crippen LogP contribution in [0, 0.1) is 27.7 Å². The average Bonchev–Trinajstić information content (AvgIpc) is 2.98. The Morgan fingerprint density at radius 3 is 2.04 bits per heavy atom. The number of nitrogens with zero attached hydrogens (tertiary/aromatic N) is 2. The van der Waals surface area contributed by atoms with E-state index in [-0.39, 0.29) is 11.8 Å². The summed E-state index contributed by atoms with van der Waals surface area (Å²) in [5.74, 6) is 0.590. The molecule has 27 heavy (non-hydrogen) atoms. The van der Waals surface area contributed by atoms with Crippen LogP contribution in [0.15, 0.2) is 18.2 Å². The molecule has 1 aromatic carbocycles. The van der Waals surface area contributed by atoms with Crippen LogP contribution in [0.5, 0.6) is 5.75 Å². The molecular formula is C21H27N3O3. The van der Waals surface area contributed by atoms with Gasteiger partial charge in [0.1, 0.15) is 5.75 Å². The molecule has 1 saturated heterocycles. The van der Waals surface area contributed by atoms with Crippen molar-refractivity contribution in [3.63, 3.8) is 0 Å². The third kappa shape index (κ3) is 3.70. The number of aromatic amines is 1. The summed E-state index contributed by atoms with van der Waals surface area (Å²) in [7, 11) is 1.59. The monoisotopic (exact) mass is 369 g/mol. The largest absolute Gasteiger partial charge is 0.496 e. The quantitative estimate of drug-likeness (QED) is 0.905. The van der Waals surface area contributed by atoms with Crippen LogP contribution in [0.3, 0.4) is 0 Å². The second-order valence-electron chi connectivity index (χ2n) is 7.23. The number of nitrogens with one attached hydrogen (secondary N) is 1. The molecule has 2 amide bonds. The molecule has 0 aliphatic carbocycles. The van der Waals surface area contributed by atoms with Crippen molar-refractivity contribution in [1.82, 2.24) is 14.8 Å². The Balaban J connectivity index is 1.72. The fourth-order valence-corrected chi connectivity index (χ4v) is 3.75. The number of aromatic nitrogens is 1. The smallest absolute Gasteiger partial charge is 0.258 e. The Labute approximate surface area is 160 Å². The summed E-state index contributed by atoms with van der Waals surface area (Å²) in [5, 5.41) is 0. The molecule has 0 bridgehead atoms. The molecule has 3 rings (SSSR count). The number of H-pyrrole nitrogens is 1.